The molecule has 102 valence electrons. The highest BCUT2D eigenvalue weighted by Gasteiger charge is 1.97. The van der Waals surface area contributed by atoms with Gasteiger partial charge < -0.3 is 9.88 Å². The number of rotatable bonds is 3. The molecule has 0 fully saturated rings. The lowest BCUT2D eigenvalue weighted by molar-refractivity contribution is -0.121. The van der Waals surface area contributed by atoms with Crippen LogP contribution < -0.4 is 5.32 Å². The van der Waals surface area contributed by atoms with E-state index in [0.717, 1.165) is 0 Å². The molecule has 0 aliphatic heterocycles. The first-order valence-electron chi connectivity index (χ1n) is 6.70. The van der Waals surface area contributed by atoms with E-state index in [4.69, 9.17) is 0 Å². The van der Waals surface area contributed by atoms with Gasteiger partial charge in [0.25, 0.3) is 0 Å². The van der Waals surface area contributed by atoms with Crippen molar-refractivity contribution in [2.24, 2.45) is 0 Å². The van der Waals surface area contributed by atoms with Gasteiger partial charge in [0.1, 0.15) is 6.54 Å². The average molecular weight is 242 g/mol. The van der Waals surface area contributed by atoms with E-state index in [1.807, 2.05) is 77.6 Å². The van der Waals surface area contributed by atoms with Crippen LogP contribution in [0.4, 0.5) is 0 Å². The van der Waals surface area contributed by atoms with Crippen molar-refractivity contribution in [3.8, 4) is 0 Å². The summed E-state index contributed by atoms with van der Waals surface area (Å²) >= 11 is 0. The van der Waals surface area contributed by atoms with Crippen LogP contribution in [0.2, 0.25) is 0 Å². The van der Waals surface area contributed by atoms with E-state index in [1.165, 1.54) is 0 Å². The molecule has 0 aliphatic rings. The van der Waals surface area contributed by atoms with E-state index in [-0.39, 0.29) is 5.91 Å². The van der Waals surface area contributed by atoms with Crippen molar-refractivity contribution in [3.63, 3.8) is 0 Å². The molecule has 1 heterocycles. The van der Waals surface area contributed by atoms with Gasteiger partial charge in [-0.2, -0.15) is 0 Å². The zero-order valence-corrected chi connectivity index (χ0v) is 12.6. The predicted molar refractivity (Wildman–Crippen MR) is 77.2 cm³/mol. The molecule has 0 saturated heterocycles. The first-order chi connectivity index (χ1) is 8.33. The largest absolute Gasteiger partial charge is 0.355 e. The zero-order valence-electron chi connectivity index (χ0n) is 12.6. The summed E-state index contributed by atoms with van der Waals surface area (Å²) in [5.74, 6) is 0.0590. The van der Waals surface area contributed by atoms with Gasteiger partial charge in [-0.05, 0) is 19.1 Å². The second kappa shape index (κ2) is 20.2. The third kappa shape index (κ3) is 14.8. The van der Waals surface area contributed by atoms with Crippen LogP contribution in [-0.4, -0.2) is 17.0 Å². The van der Waals surface area contributed by atoms with Crippen LogP contribution in [-0.2, 0) is 11.3 Å². The van der Waals surface area contributed by atoms with Crippen LogP contribution >= 0.6 is 0 Å². The van der Waals surface area contributed by atoms with E-state index in [0.29, 0.717) is 13.1 Å². The molecule has 1 N–H and O–H groups in total. The van der Waals surface area contributed by atoms with E-state index in [2.05, 4.69) is 5.32 Å². The Bertz CT molecular complexity index is 218. The van der Waals surface area contributed by atoms with E-state index in [1.54, 1.807) is 0 Å². The second-order valence-corrected chi connectivity index (χ2v) is 2.31. The van der Waals surface area contributed by atoms with Crippen molar-refractivity contribution in [2.45, 2.75) is 55.0 Å². The molecule has 0 aliphatic carbocycles. The SMILES string of the molecule is CC.CC.CC.CCNC(=O)Cn1cccc1. The first kappa shape index (κ1) is 21.1. The number of carbonyl (C=O) groups excluding carboxylic acids is 1. The number of hydrogen-bond donors (Lipinski definition) is 1. The summed E-state index contributed by atoms with van der Waals surface area (Å²) < 4.78 is 1.84. The minimum absolute atomic E-state index is 0.0590. The van der Waals surface area contributed by atoms with E-state index >= 15 is 0 Å². The zero-order chi connectivity index (χ0) is 14.1. The van der Waals surface area contributed by atoms with Crippen molar-refractivity contribution in [1.82, 2.24) is 9.88 Å². The van der Waals surface area contributed by atoms with Crippen molar-refractivity contribution in [3.05, 3.63) is 24.5 Å². The number of amides is 1. The summed E-state index contributed by atoms with van der Waals surface area (Å²) in [7, 11) is 0. The Balaban J connectivity index is -0.000000285. The summed E-state index contributed by atoms with van der Waals surface area (Å²) in [6.45, 7) is 15.0. The minimum atomic E-state index is 0.0590. The summed E-state index contributed by atoms with van der Waals surface area (Å²) in [6.07, 6.45) is 3.74. The first-order valence-corrected chi connectivity index (χ1v) is 6.70. The maximum absolute atomic E-state index is 11.0. The predicted octanol–water partition coefficient (Wildman–Crippen LogP) is 3.70. The molecule has 0 aromatic carbocycles. The molecular weight excluding hydrogens is 212 g/mol. The topological polar surface area (TPSA) is 34.0 Å². The Morgan fingerprint density at radius 3 is 1.76 bits per heavy atom. The van der Waals surface area contributed by atoms with Crippen molar-refractivity contribution in [1.29, 1.82) is 0 Å². The molecule has 0 spiro atoms. The molecule has 1 aromatic heterocycles. The van der Waals surface area contributed by atoms with Gasteiger partial charge in [-0.25, -0.2) is 0 Å². The molecule has 1 aromatic rings. The number of hydrogen-bond acceptors (Lipinski definition) is 1. The standard InChI is InChI=1S/C8H12N2O.3C2H6/c1-2-9-8(11)7-10-5-3-4-6-10;3*1-2/h3-6H,2,7H2,1H3,(H,9,11);3*1-2H3. The Kier molecular flexibility index (Phi) is 25.0. The molecule has 1 rings (SSSR count). The number of aromatic nitrogens is 1. The minimum Gasteiger partial charge on any atom is -0.355 e. The van der Waals surface area contributed by atoms with Crippen LogP contribution in [0.15, 0.2) is 24.5 Å². The maximum Gasteiger partial charge on any atom is 0.239 e. The Hall–Kier alpha value is -1.25. The van der Waals surface area contributed by atoms with Crippen LogP contribution in [0, 0.1) is 0 Å². The molecule has 0 bridgehead atoms. The lowest BCUT2D eigenvalue weighted by Crippen LogP contribution is -2.26. The third-order valence-corrected chi connectivity index (χ3v) is 1.37. The van der Waals surface area contributed by atoms with Gasteiger partial charge in [0.15, 0.2) is 0 Å². The Labute approximate surface area is 107 Å². The van der Waals surface area contributed by atoms with Crippen LogP contribution in [0.25, 0.3) is 0 Å². The van der Waals surface area contributed by atoms with Crippen LogP contribution in [0.5, 0.6) is 0 Å². The molecule has 0 unspecified atom stereocenters. The number of nitrogens with one attached hydrogen (secondary N) is 1. The maximum atomic E-state index is 11.0. The number of carbonyl (C=O) groups is 1. The highest BCUT2D eigenvalue weighted by Crippen LogP contribution is 1.88. The monoisotopic (exact) mass is 242 g/mol. The quantitative estimate of drug-likeness (QED) is 0.861. The number of likely N-dealkylation sites (N-methyl/N-ethyl adjacent to an activating group) is 1. The fourth-order valence-corrected chi connectivity index (χ4v) is 0.894. The van der Waals surface area contributed by atoms with Gasteiger partial charge in [-0.1, -0.05) is 41.5 Å². The summed E-state index contributed by atoms with van der Waals surface area (Å²) in [4.78, 5) is 11.0. The lowest BCUT2D eigenvalue weighted by Gasteiger charge is -2.01. The van der Waals surface area contributed by atoms with Crippen molar-refractivity contribution < 1.29 is 4.79 Å². The molecule has 17 heavy (non-hydrogen) atoms. The van der Waals surface area contributed by atoms with Gasteiger partial charge >= 0.3 is 0 Å². The second-order valence-electron chi connectivity index (χ2n) is 2.31. The molecule has 0 atom stereocenters. The molecular formula is C14H30N2O. The fourth-order valence-electron chi connectivity index (χ4n) is 0.894. The fraction of sp³-hybridized carbons (Fsp3) is 0.643. The molecule has 0 saturated carbocycles. The molecule has 3 heteroatoms. The highest BCUT2D eigenvalue weighted by molar-refractivity contribution is 5.75. The van der Waals surface area contributed by atoms with Crippen molar-refractivity contribution in [2.75, 3.05) is 6.54 Å². The van der Waals surface area contributed by atoms with Crippen LogP contribution in [0.1, 0.15) is 48.5 Å². The summed E-state index contributed by atoms with van der Waals surface area (Å²) in [6, 6.07) is 3.80. The van der Waals surface area contributed by atoms with E-state index in [9.17, 15) is 4.79 Å². The van der Waals surface area contributed by atoms with Crippen LogP contribution in [0.3, 0.4) is 0 Å². The molecule has 1 amide bonds. The average Bonchev–Trinajstić information content (AvgIpc) is 2.90. The van der Waals surface area contributed by atoms with Gasteiger partial charge in [0.2, 0.25) is 5.91 Å². The third-order valence-electron chi connectivity index (χ3n) is 1.37. The Morgan fingerprint density at radius 1 is 1.00 bits per heavy atom. The van der Waals surface area contributed by atoms with Gasteiger partial charge in [-0.3, -0.25) is 4.79 Å². The smallest absolute Gasteiger partial charge is 0.239 e. The lowest BCUT2D eigenvalue weighted by atomic mass is 10.5. The van der Waals surface area contributed by atoms with Gasteiger partial charge in [0, 0.05) is 18.9 Å². The molecule has 3 nitrogen and oxygen atoms in total. The number of nitrogens with zero attached hydrogens (tertiary/aromatic N) is 1. The summed E-state index contributed by atoms with van der Waals surface area (Å²) in [5, 5.41) is 2.72. The molecule has 0 radical (unpaired) electrons. The van der Waals surface area contributed by atoms with Gasteiger partial charge in [-0.15, -0.1) is 0 Å². The van der Waals surface area contributed by atoms with Crippen molar-refractivity contribution >= 4 is 5.91 Å². The normalized spacial score (nSPS) is 7.24. The van der Waals surface area contributed by atoms with E-state index < -0.39 is 0 Å². The highest BCUT2D eigenvalue weighted by atomic mass is 16.1. The Morgan fingerprint density at radius 2 is 1.41 bits per heavy atom. The summed E-state index contributed by atoms with van der Waals surface area (Å²) in [5.41, 5.74) is 0. The van der Waals surface area contributed by atoms with Gasteiger partial charge in [0.05, 0.1) is 0 Å².